The smallest absolute Gasteiger partial charge is 0.160 e. The number of aromatic nitrogens is 3. The molecule has 0 saturated heterocycles. The molecule has 0 atom stereocenters. The lowest BCUT2D eigenvalue weighted by Gasteiger charge is -2.26. The molecular weight excluding hydrogens is 989 g/mol. The van der Waals surface area contributed by atoms with E-state index >= 15 is 0 Å². The SMILES string of the molecule is N#Cc1ccc(N(c2ccccc2)c2ccc3c(c2)c2cc(N(c4ccccc4)c4ccc(C#N)cc4)ccc2n3-c2ccc(-c3ccc(-c4ccc(-c5cc(-c6ccccc6)nc(-c6ccccc6)n5)cc4)cc3)c(C#N)c2)cc1. The van der Waals surface area contributed by atoms with Crippen LogP contribution in [0.5, 0.6) is 0 Å². The fourth-order valence-electron chi connectivity index (χ4n) is 10.7. The first-order valence-electron chi connectivity index (χ1n) is 26.5. The standard InChI is InChI=1S/C73H46N8/c74-47-50-21-33-61(34-22-50)79(59-17-9-3-10-18-59)64-38-41-71-67(44-64)68-45-65(80(60-19-11-4-12-20-60)62-35-23-51(48-75)24-36-62)39-42-72(68)81(71)63-37-40-66(58(43-63)49-76)54-29-25-52(26-30-54)53-27-31-56(32-28-53)70-46-69(55-13-5-1-6-14-55)77-73(78-70)57-15-7-2-8-16-57/h1-46H. The molecule has 0 bridgehead atoms. The van der Waals surface area contributed by atoms with Crippen LogP contribution in [0.3, 0.4) is 0 Å². The summed E-state index contributed by atoms with van der Waals surface area (Å²) in [6.45, 7) is 0. The highest BCUT2D eigenvalue weighted by Gasteiger charge is 2.22. The van der Waals surface area contributed by atoms with Crippen molar-refractivity contribution in [1.82, 2.24) is 14.5 Å². The van der Waals surface area contributed by atoms with Crippen molar-refractivity contribution in [3.8, 4) is 80.1 Å². The normalized spacial score (nSPS) is 10.9. The Hall–Kier alpha value is -11.6. The number of nitriles is 3. The average molecular weight is 1040 g/mol. The van der Waals surface area contributed by atoms with E-state index in [0.29, 0.717) is 22.5 Å². The maximum absolute atomic E-state index is 10.9. The zero-order chi connectivity index (χ0) is 54.7. The number of nitrogens with zero attached hydrogens (tertiary/aromatic N) is 8. The number of fused-ring (bicyclic) bond motifs is 3. The summed E-state index contributed by atoms with van der Waals surface area (Å²) in [5, 5.41) is 32.3. The Labute approximate surface area is 469 Å². The Bertz CT molecular complexity index is 4340. The second-order valence-corrected chi connectivity index (χ2v) is 19.6. The van der Waals surface area contributed by atoms with Gasteiger partial charge in [-0.2, -0.15) is 15.8 Å². The minimum Gasteiger partial charge on any atom is -0.310 e. The fraction of sp³-hybridized carbons (Fsp3) is 0. The van der Waals surface area contributed by atoms with Crippen molar-refractivity contribution < 1.29 is 0 Å². The van der Waals surface area contributed by atoms with E-state index in [9.17, 15) is 15.8 Å². The van der Waals surface area contributed by atoms with Gasteiger partial charge in [-0.3, -0.25) is 0 Å². The Kier molecular flexibility index (Phi) is 12.9. The maximum atomic E-state index is 10.9. The first-order chi connectivity index (χ1) is 40.0. The first-order valence-corrected chi connectivity index (χ1v) is 26.5. The van der Waals surface area contributed by atoms with Gasteiger partial charge in [0, 0.05) is 67.3 Å². The van der Waals surface area contributed by atoms with Crippen molar-refractivity contribution in [2.24, 2.45) is 0 Å². The maximum Gasteiger partial charge on any atom is 0.160 e. The molecule has 0 aliphatic heterocycles. The van der Waals surface area contributed by atoms with Crippen LogP contribution in [-0.2, 0) is 0 Å². The summed E-state index contributed by atoms with van der Waals surface area (Å²) in [6, 6.07) is 101. The molecule has 11 aromatic carbocycles. The highest BCUT2D eigenvalue weighted by atomic mass is 15.1. The van der Waals surface area contributed by atoms with E-state index in [1.165, 1.54) is 0 Å². The summed E-state index contributed by atoms with van der Waals surface area (Å²) in [6.07, 6.45) is 0. The van der Waals surface area contributed by atoms with E-state index in [0.717, 1.165) is 112 Å². The topological polar surface area (TPSA) is 109 Å². The van der Waals surface area contributed by atoms with Gasteiger partial charge in [0.1, 0.15) is 0 Å². The predicted molar refractivity (Wildman–Crippen MR) is 327 cm³/mol. The summed E-state index contributed by atoms with van der Waals surface area (Å²) < 4.78 is 2.24. The van der Waals surface area contributed by atoms with Crippen molar-refractivity contribution in [2.45, 2.75) is 0 Å². The van der Waals surface area contributed by atoms with Gasteiger partial charge >= 0.3 is 0 Å². The average Bonchev–Trinajstić information content (AvgIpc) is 3.97. The van der Waals surface area contributed by atoms with E-state index in [-0.39, 0.29) is 0 Å². The van der Waals surface area contributed by atoms with Crippen LogP contribution in [0.2, 0.25) is 0 Å². The minimum atomic E-state index is 0.551. The summed E-state index contributed by atoms with van der Waals surface area (Å²) in [5.74, 6) is 0.675. The molecule has 8 nitrogen and oxygen atoms in total. The van der Waals surface area contributed by atoms with Gasteiger partial charge in [0.05, 0.1) is 57.3 Å². The van der Waals surface area contributed by atoms with Gasteiger partial charge in [-0.25, -0.2) is 9.97 Å². The van der Waals surface area contributed by atoms with Crippen LogP contribution in [-0.4, -0.2) is 14.5 Å². The fourth-order valence-corrected chi connectivity index (χ4v) is 10.7. The molecule has 0 N–H and O–H groups in total. The summed E-state index contributed by atoms with van der Waals surface area (Å²) >= 11 is 0. The lowest BCUT2D eigenvalue weighted by atomic mass is 9.96. The molecule has 378 valence electrons. The minimum absolute atomic E-state index is 0.551. The van der Waals surface area contributed by atoms with Gasteiger partial charge in [0.2, 0.25) is 0 Å². The Morgan fingerprint density at radius 3 is 1.16 bits per heavy atom. The third kappa shape index (κ3) is 9.57. The molecule has 8 heteroatoms. The van der Waals surface area contributed by atoms with Crippen molar-refractivity contribution >= 4 is 55.9 Å². The molecule has 0 aliphatic rings. The van der Waals surface area contributed by atoms with E-state index in [4.69, 9.17) is 9.97 Å². The molecule has 0 amide bonds. The van der Waals surface area contributed by atoms with Crippen LogP contribution in [0.4, 0.5) is 34.1 Å². The highest BCUT2D eigenvalue weighted by Crippen LogP contribution is 2.44. The number of hydrogen-bond donors (Lipinski definition) is 0. The number of benzene rings is 11. The van der Waals surface area contributed by atoms with Crippen LogP contribution in [0.25, 0.3) is 83.6 Å². The second kappa shape index (κ2) is 21.4. The summed E-state index contributed by atoms with van der Waals surface area (Å²) in [7, 11) is 0. The van der Waals surface area contributed by atoms with Crippen LogP contribution >= 0.6 is 0 Å². The van der Waals surface area contributed by atoms with E-state index in [1.54, 1.807) is 0 Å². The molecule has 2 heterocycles. The zero-order valence-electron chi connectivity index (χ0n) is 43.6. The van der Waals surface area contributed by atoms with Crippen molar-refractivity contribution in [3.05, 3.63) is 296 Å². The third-order valence-corrected chi connectivity index (χ3v) is 14.7. The molecule has 0 unspecified atom stereocenters. The first kappa shape index (κ1) is 49.0. The highest BCUT2D eigenvalue weighted by molar-refractivity contribution is 6.12. The molecule has 13 rings (SSSR count). The molecule has 0 fully saturated rings. The molecule has 0 spiro atoms. The Morgan fingerprint density at radius 1 is 0.309 bits per heavy atom. The van der Waals surface area contributed by atoms with Gasteiger partial charge in [-0.15, -0.1) is 0 Å². The van der Waals surface area contributed by atoms with Gasteiger partial charge < -0.3 is 14.4 Å². The van der Waals surface area contributed by atoms with E-state index in [2.05, 4.69) is 172 Å². The monoisotopic (exact) mass is 1030 g/mol. The number of anilines is 6. The Morgan fingerprint density at radius 2 is 0.704 bits per heavy atom. The van der Waals surface area contributed by atoms with Gasteiger partial charge in [0.15, 0.2) is 5.82 Å². The quantitative estimate of drug-likeness (QED) is 0.120. The van der Waals surface area contributed by atoms with Crippen molar-refractivity contribution in [2.75, 3.05) is 9.80 Å². The van der Waals surface area contributed by atoms with Crippen LogP contribution in [0, 0.1) is 34.0 Å². The molecule has 81 heavy (non-hydrogen) atoms. The van der Waals surface area contributed by atoms with Gasteiger partial charge in [0.25, 0.3) is 0 Å². The third-order valence-electron chi connectivity index (χ3n) is 14.7. The van der Waals surface area contributed by atoms with Crippen LogP contribution in [0.1, 0.15) is 16.7 Å². The number of hydrogen-bond acceptors (Lipinski definition) is 7. The van der Waals surface area contributed by atoms with Crippen LogP contribution < -0.4 is 9.80 Å². The summed E-state index contributed by atoms with van der Waals surface area (Å²) in [4.78, 5) is 14.4. The zero-order valence-corrected chi connectivity index (χ0v) is 43.6. The van der Waals surface area contributed by atoms with Crippen molar-refractivity contribution in [1.29, 1.82) is 15.8 Å². The molecule has 13 aromatic rings. The summed E-state index contributed by atoms with van der Waals surface area (Å²) in [5.41, 5.74) is 18.7. The molecular formula is C73H46N8. The molecule has 2 aromatic heterocycles. The van der Waals surface area contributed by atoms with Crippen LogP contribution in [0.15, 0.2) is 279 Å². The van der Waals surface area contributed by atoms with E-state index < -0.39 is 0 Å². The number of rotatable bonds is 12. The van der Waals surface area contributed by atoms with E-state index in [1.807, 2.05) is 140 Å². The lowest BCUT2D eigenvalue weighted by Crippen LogP contribution is -2.10. The van der Waals surface area contributed by atoms with Crippen molar-refractivity contribution in [3.63, 3.8) is 0 Å². The van der Waals surface area contributed by atoms with Gasteiger partial charge in [-0.1, -0.05) is 152 Å². The van der Waals surface area contributed by atoms with Gasteiger partial charge in [-0.05, 0) is 150 Å². The molecule has 0 saturated carbocycles. The number of para-hydroxylation sites is 2. The lowest BCUT2D eigenvalue weighted by molar-refractivity contribution is 1.17. The molecule has 0 aliphatic carbocycles. The molecule has 0 radical (unpaired) electrons. The Balaban J connectivity index is 0.880. The second-order valence-electron chi connectivity index (χ2n) is 19.6. The largest absolute Gasteiger partial charge is 0.310 e. The predicted octanol–water partition coefficient (Wildman–Crippen LogP) is 18.5.